The molecule has 3 unspecified atom stereocenters. The van der Waals surface area contributed by atoms with E-state index >= 15 is 0 Å². The van der Waals surface area contributed by atoms with Crippen molar-refractivity contribution >= 4 is 29.2 Å². The number of carbonyl (C=O) groups is 3. The molecule has 10 heteroatoms. The average molecular weight is 469 g/mol. The normalized spacial score (nSPS) is 23.5. The van der Waals surface area contributed by atoms with Crippen LogP contribution in [-0.4, -0.2) is 38.5 Å². The molecule has 0 radical (unpaired) electrons. The number of aliphatic carboxylic acids is 2. The lowest BCUT2D eigenvalue weighted by atomic mass is 9.83. The number of alkyl halides is 3. The molecule has 0 aliphatic carbocycles. The fourth-order valence-corrected chi connectivity index (χ4v) is 5.30. The summed E-state index contributed by atoms with van der Waals surface area (Å²) in [6.45, 7) is 3.53. The Balaban J connectivity index is 2.17. The van der Waals surface area contributed by atoms with E-state index in [4.69, 9.17) is 0 Å². The molecule has 1 saturated heterocycles. The smallest absolute Gasteiger partial charge is 0.416 e. The summed E-state index contributed by atoms with van der Waals surface area (Å²) in [5, 5.41) is 21.8. The van der Waals surface area contributed by atoms with Crippen LogP contribution in [0.5, 0.6) is 0 Å². The highest BCUT2D eigenvalue weighted by atomic mass is 32.1. The van der Waals surface area contributed by atoms with Crippen molar-refractivity contribution in [2.45, 2.75) is 44.4 Å². The zero-order valence-electron chi connectivity index (χ0n) is 17.3. The third-order valence-corrected chi connectivity index (χ3v) is 6.59. The van der Waals surface area contributed by atoms with E-state index in [1.54, 1.807) is 31.4 Å². The SMILES string of the molecule is CC(C)CC1(C(=O)O)CC(C(=O)O)C(c2cccs2)N1C(=O)c1ccc(C(F)(F)F)cc1. The number of likely N-dealkylation sites (tertiary alicyclic amines) is 1. The Morgan fingerprint density at radius 2 is 1.78 bits per heavy atom. The van der Waals surface area contributed by atoms with Gasteiger partial charge in [-0.25, -0.2) is 4.79 Å². The van der Waals surface area contributed by atoms with Gasteiger partial charge >= 0.3 is 18.1 Å². The van der Waals surface area contributed by atoms with Gasteiger partial charge in [0.05, 0.1) is 17.5 Å². The first-order valence-corrected chi connectivity index (χ1v) is 10.8. The van der Waals surface area contributed by atoms with Crippen LogP contribution in [0.4, 0.5) is 13.2 Å². The molecule has 3 atom stereocenters. The van der Waals surface area contributed by atoms with Crippen molar-refractivity contribution in [3.05, 3.63) is 57.8 Å². The minimum absolute atomic E-state index is 0.000360. The molecule has 2 heterocycles. The maximum atomic E-state index is 13.6. The van der Waals surface area contributed by atoms with E-state index < -0.39 is 47.1 Å². The largest absolute Gasteiger partial charge is 0.481 e. The van der Waals surface area contributed by atoms with Crippen molar-refractivity contribution in [3.8, 4) is 0 Å². The van der Waals surface area contributed by atoms with Gasteiger partial charge in [-0.15, -0.1) is 11.3 Å². The van der Waals surface area contributed by atoms with E-state index in [9.17, 15) is 37.8 Å². The molecule has 0 spiro atoms. The lowest BCUT2D eigenvalue weighted by Crippen LogP contribution is -2.54. The lowest BCUT2D eigenvalue weighted by Gasteiger charge is -2.39. The van der Waals surface area contributed by atoms with Crippen molar-refractivity contribution in [2.24, 2.45) is 11.8 Å². The molecule has 32 heavy (non-hydrogen) atoms. The minimum atomic E-state index is -4.59. The van der Waals surface area contributed by atoms with Gasteiger partial charge in [-0.05, 0) is 54.5 Å². The number of nitrogens with zero attached hydrogens (tertiary/aromatic N) is 1. The van der Waals surface area contributed by atoms with Crippen LogP contribution in [0.15, 0.2) is 41.8 Å². The van der Waals surface area contributed by atoms with Gasteiger partial charge in [0.25, 0.3) is 5.91 Å². The molecule has 1 aliphatic rings. The first-order chi connectivity index (χ1) is 14.9. The second-order valence-corrected chi connectivity index (χ2v) is 9.27. The van der Waals surface area contributed by atoms with Crippen LogP contribution < -0.4 is 0 Å². The molecule has 172 valence electrons. The van der Waals surface area contributed by atoms with Crippen LogP contribution in [0.3, 0.4) is 0 Å². The van der Waals surface area contributed by atoms with Crippen LogP contribution in [0.25, 0.3) is 0 Å². The van der Waals surface area contributed by atoms with Crippen LogP contribution in [0.1, 0.15) is 53.5 Å². The summed E-state index contributed by atoms with van der Waals surface area (Å²) in [6.07, 6.45) is -4.89. The van der Waals surface area contributed by atoms with E-state index in [2.05, 4.69) is 0 Å². The van der Waals surface area contributed by atoms with Crippen molar-refractivity contribution < 1.29 is 37.8 Å². The van der Waals surface area contributed by atoms with Crippen molar-refractivity contribution in [1.82, 2.24) is 4.90 Å². The summed E-state index contributed by atoms with van der Waals surface area (Å²) in [7, 11) is 0. The van der Waals surface area contributed by atoms with E-state index in [1.807, 2.05) is 0 Å². The molecular formula is C22H22F3NO5S. The number of carboxylic acid groups (broad SMARTS) is 2. The quantitative estimate of drug-likeness (QED) is 0.626. The molecule has 3 rings (SSSR count). The number of halogens is 3. The zero-order chi connectivity index (χ0) is 23.8. The highest BCUT2D eigenvalue weighted by molar-refractivity contribution is 7.10. The predicted molar refractivity (Wildman–Crippen MR) is 110 cm³/mol. The molecule has 1 aliphatic heterocycles. The number of carbonyl (C=O) groups excluding carboxylic acids is 1. The van der Waals surface area contributed by atoms with Crippen LogP contribution in [0.2, 0.25) is 0 Å². The van der Waals surface area contributed by atoms with E-state index in [1.165, 1.54) is 11.3 Å². The highest BCUT2D eigenvalue weighted by Crippen LogP contribution is 2.51. The average Bonchev–Trinajstić information content (AvgIpc) is 3.33. The molecule has 1 aromatic carbocycles. The summed E-state index contributed by atoms with van der Waals surface area (Å²) < 4.78 is 38.8. The number of hydrogen-bond acceptors (Lipinski definition) is 4. The van der Waals surface area contributed by atoms with Gasteiger partial charge in [0.2, 0.25) is 0 Å². The third kappa shape index (κ3) is 4.23. The molecule has 2 aromatic rings. The van der Waals surface area contributed by atoms with E-state index in [-0.39, 0.29) is 24.3 Å². The summed E-state index contributed by atoms with van der Waals surface area (Å²) >= 11 is 1.20. The predicted octanol–water partition coefficient (Wildman–Crippen LogP) is 4.92. The van der Waals surface area contributed by atoms with Gasteiger partial charge in [-0.1, -0.05) is 19.9 Å². The van der Waals surface area contributed by atoms with Crippen LogP contribution in [-0.2, 0) is 15.8 Å². The fourth-order valence-electron chi connectivity index (χ4n) is 4.42. The second kappa shape index (κ2) is 8.57. The Kier molecular flexibility index (Phi) is 6.37. The Bertz CT molecular complexity index is 1000. The van der Waals surface area contributed by atoms with Gasteiger partial charge in [-0.3, -0.25) is 9.59 Å². The fraction of sp³-hybridized carbons (Fsp3) is 0.409. The van der Waals surface area contributed by atoms with Crippen molar-refractivity contribution in [3.63, 3.8) is 0 Å². The van der Waals surface area contributed by atoms with Crippen molar-refractivity contribution in [1.29, 1.82) is 0 Å². The molecular weight excluding hydrogens is 447 g/mol. The number of benzene rings is 1. The zero-order valence-corrected chi connectivity index (χ0v) is 18.1. The Morgan fingerprint density at radius 3 is 2.22 bits per heavy atom. The summed E-state index contributed by atoms with van der Waals surface area (Å²) in [6, 6.07) is 5.73. The molecule has 1 aromatic heterocycles. The molecule has 2 N–H and O–H groups in total. The monoisotopic (exact) mass is 469 g/mol. The molecule has 0 saturated carbocycles. The molecule has 0 bridgehead atoms. The number of thiophene rings is 1. The van der Waals surface area contributed by atoms with E-state index in [0.717, 1.165) is 29.2 Å². The Morgan fingerprint density at radius 1 is 1.16 bits per heavy atom. The summed E-state index contributed by atoms with van der Waals surface area (Å²) in [4.78, 5) is 39.8. The van der Waals surface area contributed by atoms with Crippen LogP contribution >= 0.6 is 11.3 Å². The highest BCUT2D eigenvalue weighted by Gasteiger charge is 2.61. The standard InChI is InChI=1S/C22H22F3NO5S/c1-12(2)10-21(20(30)31)11-15(19(28)29)17(16-4-3-9-32-16)26(21)18(27)13-5-7-14(8-6-13)22(23,24)25/h3-9,12,15,17H,10-11H2,1-2H3,(H,28,29)(H,30,31). The maximum Gasteiger partial charge on any atom is 0.416 e. The van der Waals surface area contributed by atoms with Gasteiger partial charge < -0.3 is 15.1 Å². The maximum absolute atomic E-state index is 13.6. The molecule has 1 amide bonds. The van der Waals surface area contributed by atoms with Crippen molar-refractivity contribution in [2.75, 3.05) is 0 Å². The van der Waals surface area contributed by atoms with Gasteiger partial charge in [0.1, 0.15) is 5.54 Å². The summed E-state index contributed by atoms with van der Waals surface area (Å²) in [5.74, 6) is -4.76. The lowest BCUT2D eigenvalue weighted by molar-refractivity contribution is -0.150. The first-order valence-electron chi connectivity index (χ1n) is 9.89. The number of rotatable bonds is 6. The number of hydrogen-bond donors (Lipinski definition) is 2. The number of amides is 1. The van der Waals surface area contributed by atoms with Gasteiger partial charge in [0, 0.05) is 10.4 Å². The molecule has 6 nitrogen and oxygen atoms in total. The molecule has 1 fully saturated rings. The van der Waals surface area contributed by atoms with Gasteiger partial charge in [-0.2, -0.15) is 13.2 Å². The second-order valence-electron chi connectivity index (χ2n) is 8.29. The van der Waals surface area contributed by atoms with Gasteiger partial charge in [0.15, 0.2) is 0 Å². The summed E-state index contributed by atoms with van der Waals surface area (Å²) in [5.41, 5.74) is -2.90. The van der Waals surface area contributed by atoms with E-state index in [0.29, 0.717) is 4.88 Å². The number of carboxylic acids is 2. The first kappa shape index (κ1) is 23.8. The minimum Gasteiger partial charge on any atom is -0.481 e. The Hall–Kier alpha value is -2.88. The topological polar surface area (TPSA) is 94.9 Å². The third-order valence-electron chi connectivity index (χ3n) is 5.65. The van der Waals surface area contributed by atoms with Crippen LogP contribution in [0, 0.1) is 11.8 Å². The Labute approximate surface area is 186 Å².